The van der Waals surface area contributed by atoms with Crippen LogP contribution in [0.2, 0.25) is 0 Å². The highest BCUT2D eigenvalue weighted by atomic mass is 32.2. The van der Waals surface area contributed by atoms with Crippen molar-refractivity contribution in [2.75, 3.05) is 5.75 Å². The molecular formula is C21H28S. The summed E-state index contributed by atoms with van der Waals surface area (Å²) < 4.78 is 0. The van der Waals surface area contributed by atoms with Gasteiger partial charge in [-0.1, -0.05) is 82.3 Å². The van der Waals surface area contributed by atoms with Gasteiger partial charge in [-0.2, -0.15) is 11.8 Å². The summed E-state index contributed by atoms with van der Waals surface area (Å²) in [5.41, 5.74) is 4.69. The molecule has 2 aromatic rings. The van der Waals surface area contributed by atoms with Crippen molar-refractivity contribution >= 4 is 11.8 Å². The lowest BCUT2D eigenvalue weighted by molar-refractivity contribution is 0.231. The maximum Gasteiger partial charge on any atom is 0.0187 e. The SMILES string of the molecule is Cc1ccccc1CSCC(C)(c1ccccc1)C(C)(C)C. The average Bonchev–Trinajstić information content (AvgIpc) is 2.49. The molecule has 118 valence electrons. The minimum atomic E-state index is 0.168. The minimum Gasteiger partial charge on any atom is -0.156 e. The van der Waals surface area contributed by atoms with Crippen molar-refractivity contribution < 1.29 is 0 Å². The van der Waals surface area contributed by atoms with Crippen molar-refractivity contribution in [1.82, 2.24) is 0 Å². The quantitative estimate of drug-likeness (QED) is 0.630. The number of benzene rings is 2. The monoisotopic (exact) mass is 312 g/mol. The van der Waals surface area contributed by atoms with E-state index in [1.807, 2.05) is 11.8 Å². The van der Waals surface area contributed by atoms with Crippen LogP contribution in [0, 0.1) is 12.3 Å². The van der Waals surface area contributed by atoms with E-state index < -0.39 is 0 Å². The van der Waals surface area contributed by atoms with Gasteiger partial charge in [0.2, 0.25) is 0 Å². The Morgan fingerprint density at radius 3 is 2.00 bits per heavy atom. The van der Waals surface area contributed by atoms with Crippen LogP contribution in [-0.2, 0) is 11.2 Å². The third kappa shape index (κ3) is 3.76. The van der Waals surface area contributed by atoms with Gasteiger partial charge in [0, 0.05) is 16.9 Å². The summed E-state index contributed by atoms with van der Waals surface area (Å²) in [6, 6.07) is 19.7. The van der Waals surface area contributed by atoms with E-state index in [1.54, 1.807) is 0 Å². The van der Waals surface area contributed by atoms with Gasteiger partial charge in [0.05, 0.1) is 0 Å². The van der Waals surface area contributed by atoms with E-state index in [9.17, 15) is 0 Å². The van der Waals surface area contributed by atoms with Gasteiger partial charge in [0.15, 0.2) is 0 Å². The fourth-order valence-electron chi connectivity index (χ4n) is 2.68. The molecule has 0 saturated heterocycles. The third-order valence-corrected chi connectivity index (χ3v) is 6.27. The predicted molar refractivity (Wildman–Crippen MR) is 101 cm³/mol. The molecule has 1 heteroatoms. The van der Waals surface area contributed by atoms with E-state index in [1.165, 1.54) is 16.7 Å². The van der Waals surface area contributed by atoms with Crippen LogP contribution in [0.25, 0.3) is 0 Å². The summed E-state index contributed by atoms with van der Waals surface area (Å²) in [6.45, 7) is 11.7. The number of aryl methyl sites for hydroxylation is 1. The van der Waals surface area contributed by atoms with E-state index in [4.69, 9.17) is 0 Å². The highest BCUT2D eigenvalue weighted by molar-refractivity contribution is 7.98. The highest BCUT2D eigenvalue weighted by Gasteiger charge is 2.38. The lowest BCUT2D eigenvalue weighted by Crippen LogP contribution is -2.39. The Hall–Kier alpha value is -1.21. The molecule has 0 aliphatic rings. The van der Waals surface area contributed by atoms with E-state index in [0.29, 0.717) is 0 Å². The Morgan fingerprint density at radius 1 is 0.818 bits per heavy atom. The zero-order valence-electron chi connectivity index (χ0n) is 14.5. The first-order chi connectivity index (χ1) is 10.3. The van der Waals surface area contributed by atoms with E-state index in [-0.39, 0.29) is 10.8 Å². The van der Waals surface area contributed by atoms with E-state index in [2.05, 4.69) is 89.2 Å². The summed E-state index contributed by atoms with van der Waals surface area (Å²) in [5, 5.41) is 0. The van der Waals surface area contributed by atoms with Crippen molar-refractivity contribution in [1.29, 1.82) is 0 Å². The molecule has 0 aliphatic heterocycles. The van der Waals surface area contributed by atoms with Gasteiger partial charge in [-0.25, -0.2) is 0 Å². The molecule has 0 saturated carbocycles. The molecule has 0 nitrogen and oxygen atoms in total. The van der Waals surface area contributed by atoms with Gasteiger partial charge >= 0.3 is 0 Å². The standard InChI is InChI=1S/C21H28S/c1-17-11-9-10-12-18(17)15-22-16-21(5,20(2,3)4)19-13-7-6-8-14-19/h6-14H,15-16H2,1-5H3. The zero-order valence-corrected chi connectivity index (χ0v) is 15.3. The topological polar surface area (TPSA) is 0 Å². The maximum atomic E-state index is 2.41. The smallest absolute Gasteiger partial charge is 0.0187 e. The number of hydrogen-bond donors (Lipinski definition) is 0. The summed E-state index contributed by atoms with van der Waals surface area (Å²) in [6.07, 6.45) is 0. The van der Waals surface area contributed by atoms with Crippen molar-refractivity contribution in [2.45, 2.75) is 45.8 Å². The van der Waals surface area contributed by atoms with Crippen LogP contribution >= 0.6 is 11.8 Å². The van der Waals surface area contributed by atoms with Crippen LogP contribution in [0.1, 0.15) is 44.4 Å². The number of rotatable bonds is 5. The molecule has 2 aromatic carbocycles. The molecular weight excluding hydrogens is 284 g/mol. The van der Waals surface area contributed by atoms with Gasteiger partial charge in [0.1, 0.15) is 0 Å². The summed E-state index contributed by atoms with van der Waals surface area (Å²) in [5.74, 6) is 2.22. The second-order valence-electron chi connectivity index (χ2n) is 7.37. The molecule has 1 atom stereocenters. The van der Waals surface area contributed by atoms with Crippen LogP contribution in [0.4, 0.5) is 0 Å². The molecule has 0 bridgehead atoms. The van der Waals surface area contributed by atoms with Gasteiger partial charge < -0.3 is 0 Å². The minimum absolute atomic E-state index is 0.168. The number of thioether (sulfide) groups is 1. The van der Waals surface area contributed by atoms with Gasteiger partial charge in [-0.15, -0.1) is 0 Å². The predicted octanol–water partition coefficient (Wildman–Crippen LogP) is 6.23. The molecule has 0 radical (unpaired) electrons. The fraction of sp³-hybridized carbons (Fsp3) is 0.429. The van der Waals surface area contributed by atoms with Gasteiger partial charge in [-0.3, -0.25) is 0 Å². The highest BCUT2D eigenvalue weighted by Crippen LogP contribution is 2.44. The Morgan fingerprint density at radius 2 is 1.41 bits per heavy atom. The largest absolute Gasteiger partial charge is 0.156 e. The lowest BCUT2D eigenvalue weighted by Gasteiger charge is -2.42. The molecule has 0 N–H and O–H groups in total. The second-order valence-corrected chi connectivity index (χ2v) is 8.35. The summed E-state index contributed by atoms with van der Waals surface area (Å²) >= 11 is 2.05. The van der Waals surface area contributed by atoms with E-state index in [0.717, 1.165) is 11.5 Å². The maximum absolute atomic E-state index is 2.41. The molecule has 1 unspecified atom stereocenters. The van der Waals surface area contributed by atoms with Crippen LogP contribution in [0.15, 0.2) is 54.6 Å². The van der Waals surface area contributed by atoms with Crippen molar-refractivity contribution in [3.05, 3.63) is 71.3 Å². The van der Waals surface area contributed by atoms with Crippen molar-refractivity contribution in [2.24, 2.45) is 5.41 Å². The Balaban J connectivity index is 2.14. The van der Waals surface area contributed by atoms with Crippen LogP contribution in [0.3, 0.4) is 0 Å². The molecule has 0 heterocycles. The van der Waals surface area contributed by atoms with Crippen LogP contribution in [0.5, 0.6) is 0 Å². The molecule has 0 amide bonds. The first-order valence-electron chi connectivity index (χ1n) is 8.02. The summed E-state index contributed by atoms with van der Waals surface area (Å²) in [4.78, 5) is 0. The second kappa shape index (κ2) is 6.91. The molecule has 0 aromatic heterocycles. The Bertz CT molecular complexity index is 595. The molecule has 0 spiro atoms. The first-order valence-corrected chi connectivity index (χ1v) is 9.18. The van der Waals surface area contributed by atoms with Crippen molar-refractivity contribution in [3.8, 4) is 0 Å². The third-order valence-electron chi connectivity index (χ3n) is 4.98. The Kier molecular flexibility index (Phi) is 5.39. The zero-order chi connectivity index (χ0) is 16.2. The molecule has 0 fully saturated rings. The first kappa shape index (κ1) is 17.1. The van der Waals surface area contributed by atoms with Crippen LogP contribution < -0.4 is 0 Å². The van der Waals surface area contributed by atoms with Gasteiger partial charge in [0.25, 0.3) is 0 Å². The average molecular weight is 313 g/mol. The Labute approximate surface area is 140 Å². The van der Waals surface area contributed by atoms with E-state index >= 15 is 0 Å². The van der Waals surface area contributed by atoms with Crippen molar-refractivity contribution in [3.63, 3.8) is 0 Å². The number of hydrogen-bond acceptors (Lipinski definition) is 1. The molecule has 2 rings (SSSR count). The lowest BCUT2D eigenvalue weighted by atomic mass is 9.65. The molecule has 22 heavy (non-hydrogen) atoms. The van der Waals surface area contributed by atoms with Gasteiger partial charge in [-0.05, 0) is 29.0 Å². The summed E-state index contributed by atoms with van der Waals surface area (Å²) in [7, 11) is 0. The molecule has 0 aliphatic carbocycles. The van der Waals surface area contributed by atoms with Crippen LogP contribution in [-0.4, -0.2) is 5.75 Å². The normalized spacial score (nSPS) is 14.6. The fourth-order valence-corrected chi connectivity index (χ4v) is 4.33.